The molecule has 0 atom stereocenters. The van der Waals surface area contributed by atoms with Gasteiger partial charge in [0.2, 0.25) is 0 Å². The fraction of sp³-hybridized carbons (Fsp3) is 1.00. The molecule has 0 aromatic heterocycles. The summed E-state index contributed by atoms with van der Waals surface area (Å²) in [4.78, 5) is 0. The summed E-state index contributed by atoms with van der Waals surface area (Å²) in [5.74, 6) is 0. The van der Waals surface area contributed by atoms with Crippen LogP contribution in [0.15, 0.2) is 0 Å². The maximum absolute atomic E-state index is 5.60. The van der Waals surface area contributed by atoms with Gasteiger partial charge in [-0.15, -0.1) is 0 Å². The van der Waals surface area contributed by atoms with Crippen molar-refractivity contribution in [1.82, 2.24) is 0 Å². The van der Waals surface area contributed by atoms with Gasteiger partial charge in [0, 0.05) is 0 Å². The van der Waals surface area contributed by atoms with E-state index in [0.717, 1.165) is 0 Å². The van der Waals surface area contributed by atoms with Crippen LogP contribution in [0.3, 0.4) is 0 Å². The van der Waals surface area contributed by atoms with Crippen molar-refractivity contribution in [3.05, 3.63) is 0 Å². The minimum absolute atomic E-state index is 0.522. The summed E-state index contributed by atoms with van der Waals surface area (Å²) in [7, 11) is -3.27. The Bertz CT molecular complexity index is 127. The van der Waals surface area contributed by atoms with Gasteiger partial charge >= 0.3 is 86.4 Å². The molecule has 0 amide bonds. The number of rotatable bonds is 8. The molecule has 0 saturated carbocycles. The van der Waals surface area contributed by atoms with Crippen molar-refractivity contribution < 1.29 is 18.1 Å². The molecule has 0 aliphatic heterocycles. The SMILES string of the molecule is CCOP(C)(OCC)(OCC)OCC. The molecule has 0 spiro atoms. The first-order chi connectivity index (χ1) is 6.54. The molecule has 4 nitrogen and oxygen atoms in total. The first kappa shape index (κ1) is 14.3. The predicted molar refractivity (Wildman–Crippen MR) is 59.3 cm³/mol. The van der Waals surface area contributed by atoms with Gasteiger partial charge in [0.15, 0.2) is 0 Å². The monoisotopic (exact) mass is 226 g/mol. The zero-order valence-corrected chi connectivity index (χ0v) is 10.8. The van der Waals surface area contributed by atoms with Crippen LogP contribution in [0.5, 0.6) is 0 Å². The van der Waals surface area contributed by atoms with Gasteiger partial charge in [-0.3, -0.25) is 0 Å². The molecule has 88 valence electrons. The van der Waals surface area contributed by atoms with Crippen LogP contribution in [0.25, 0.3) is 0 Å². The van der Waals surface area contributed by atoms with E-state index in [1.807, 2.05) is 27.7 Å². The van der Waals surface area contributed by atoms with E-state index in [2.05, 4.69) is 0 Å². The molecular formula is C9H23O4P. The Kier molecular flexibility index (Phi) is 6.10. The summed E-state index contributed by atoms with van der Waals surface area (Å²) in [5, 5.41) is 0. The molecule has 0 saturated heterocycles. The molecule has 0 N–H and O–H groups in total. The first-order valence-electron chi connectivity index (χ1n) is 5.16. The summed E-state index contributed by atoms with van der Waals surface area (Å²) in [6.45, 7) is 11.5. The Labute approximate surface area is 87.1 Å². The van der Waals surface area contributed by atoms with Crippen LogP contribution in [0.1, 0.15) is 27.7 Å². The van der Waals surface area contributed by atoms with Gasteiger partial charge in [0.1, 0.15) is 0 Å². The van der Waals surface area contributed by atoms with Crippen molar-refractivity contribution in [2.45, 2.75) is 27.7 Å². The van der Waals surface area contributed by atoms with Crippen LogP contribution in [-0.4, -0.2) is 33.1 Å². The third-order valence-electron chi connectivity index (χ3n) is 1.67. The van der Waals surface area contributed by atoms with Gasteiger partial charge in [-0.1, -0.05) is 0 Å². The van der Waals surface area contributed by atoms with Crippen molar-refractivity contribution in [2.75, 3.05) is 33.1 Å². The Morgan fingerprint density at radius 3 is 1.00 bits per heavy atom. The normalized spacial score (nSPS) is 15.1. The summed E-state index contributed by atoms with van der Waals surface area (Å²) >= 11 is 0. The van der Waals surface area contributed by atoms with E-state index in [4.69, 9.17) is 18.1 Å². The zero-order valence-electron chi connectivity index (χ0n) is 9.91. The van der Waals surface area contributed by atoms with E-state index < -0.39 is 7.51 Å². The molecule has 0 bridgehead atoms. The fourth-order valence-electron chi connectivity index (χ4n) is 1.37. The molecule has 0 heterocycles. The van der Waals surface area contributed by atoms with E-state index in [1.54, 1.807) is 6.66 Å². The van der Waals surface area contributed by atoms with Gasteiger partial charge in [-0.05, 0) is 0 Å². The Morgan fingerprint density at radius 2 is 0.857 bits per heavy atom. The summed E-state index contributed by atoms with van der Waals surface area (Å²) in [6, 6.07) is 0. The average Bonchev–Trinajstić information content (AvgIpc) is 2.05. The van der Waals surface area contributed by atoms with Gasteiger partial charge in [-0.25, -0.2) is 0 Å². The van der Waals surface area contributed by atoms with Crippen LogP contribution in [0, 0.1) is 0 Å². The predicted octanol–water partition coefficient (Wildman–Crippen LogP) is 2.98. The molecule has 5 heteroatoms. The third kappa shape index (κ3) is 3.79. The Hall–Kier alpha value is 0.270. The molecule has 0 radical (unpaired) electrons. The second kappa shape index (κ2) is 5.99. The fourth-order valence-corrected chi connectivity index (χ4v) is 4.12. The minimum atomic E-state index is -3.27. The van der Waals surface area contributed by atoms with E-state index in [0.29, 0.717) is 26.4 Å². The molecule has 0 aromatic carbocycles. The van der Waals surface area contributed by atoms with E-state index in [-0.39, 0.29) is 0 Å². The van der Waals surface area contributed by atoms with Crippen molar-refractivity contribution in [1.29, 1.82) is 0 Å². The zero-order chi connectivity index (χ0) is 11.1. The second-order valence-corrected chi connectivity index (χ2v) is 6.24. The van der Waals surface area contributed by atoms with Gasteiger partial charge in [0.25, 0.3) is 0 Å². The molecule has 0 rings (SSSR count). The number of hydrogen-bond acceptors (Lipinski definition) is 4. The van der Waals surface area contributed by atoms with E-state index in [9.17, 15) is 0 Å². The summed E-state index contributed by atoms with van der Waals surface area (Å²) in [5.41, 5.74) is 0. The standard InChI is InChI=1S/C9H23O4P/c1-6-10-14(5,11-7-2,12-8-3)13-9-4/h6-9H2,1-5H3. The van der Waals surface area contributed by atoms with Crippen molar-refractivity contribution >= 4 is 7.51 Å². The van der Waals surface area contributed by atoms with Crippen LogP contribution in [0.2, 0.25) is 0 Å². The Morgan fingerprint density at radius 1 is 0.643 bits per heavy atom. The number of hydrogen-bond donors (Lipinski definition) is 0. The molecule has 0 fully saturated rings. The van der Waals surface area contributed by atoms with Gasteiger partial charge < -0.3 is 0 Å². The van der Waals surface area contributed by atoms with Crippen LogP contribution in [0.4, 0.5) is 0 Å². The quantitative estimate of drug-likeness (QED) is 0.596. The van der Waals surface area contributed by atoms with Gasteiger partial charge in [-0.2, -0.15) is 0 Å². The molecule has 0 aromatic rings. The van der Waals surface area contributed by atoms with Gasteiger partial charge in [0.05, 0.1) is 0 Å². The summed E-state index contributed by atoms with van der Waals surface area (Å²) < 4.78 is 22.4. The van der Waals surface area contributed by atoms with E-state index in [1.165, 1.54) is 0 Å². The first-order valence-corrected chi connectivity index (χ1v) is 7.52. The molecule has 0 aliphatic carbocycles. The molecule has 0 aliphatic rings. The molecule has 14 heavy (non-hydrogen) atoms. The maximum atomic E-state index is 5.60. The topological polar surface area (TPSA) is 36.9 Å². The Balaban J connectivity index is 4.69. The van der Waals surface area contributed by atoms with Crippen LogP contribution >= 0.6 is 7.51 Å². The van der Waals surface area contributed by atoms with Crippen molar-refractivity contribution in [3.63, 3.8) is 0 Å². The van der Waals surface area contributed by atoms with Crippen LogP contribution < -0.4 is 0 Å². The summed E-state index contributed by atoms with van der Waals surface area (Å²) in [6.07, 6.45) is 0. The molecule has 0 unspecified atom stereocenters. The van der Waals surface area contributed by atoms with E-state index >= 15 is 0 Å². The average molecular weight is 226 g/mol. The van der Waals surface area contributed by atoms with Crippen molar-refractivity contribution in [3.8, 4) is 0 Å². The third-order valence-corrected chi connectivity index (χ3v) is 5.00. The second-order valence-electron chi connectivity index (χ2n) is 2.85. The van der Waals surface area contributed by atoms with Crippen LogP contribution in [-0.2, 0) is 18.1 Å². The van der Waals surface area contributed by atoms with Crippen molar-refractivity contribution in [2.24, 2.45) is 0 Å². The molecular weight excluding hydrogens is 203 g/mol.